The molecule has 0 aliphatic carbocycles. The van der Waals surface area contributed by atoms with Crippen LogP contribution in [-0.4, -0.2) is 21.4 Å². The summed E-state index contributed by atoms with van der Waals surface area (Å²) in [7, 11) is 1.86. The molecule has 1 amide bonds. The van der Waals surface area contributed by atoms with Crippen molar-refractivity contribution in [1.82, 2.24) is 9.78 Å². The van der Waals surface area contributed by atoms with Crippen molar-refractivity contribution in [3.63, 3.8) is 0 Å². The Morgan fingerprint density at radius 2 is 2.05 bits per heavy atom. The number of benzene rings is 1. The third-order valence-electron chi connectivity index (χ3n) is 3.79. The molecule has 4 nitrogen and oxygen atoms in total. The molecule has 0 fully saturated rings. The summed E-state index contributed by atoms with van der Waals surface area (Å²) in [6, 6.07) is 8.69. The van der Waals surface area contributed by atoms with Crippen LogP contribution in [0.3, 0.4) is 0 Å². The predicted molar refractivity (Wildman–Crippen MR) is 86.7 cm³/mol. The van der Waals surface area contributed by atoms with E-state index in [1.54, 1.807) is 16.4 Å². The van der Waals surface area contributed by atoms with Gasteiger partial charge in [0.05, 0.1) is 17.2 Å². The molecule has 5 heteroatoms. The predicted octanol–water partition coefficient (Wildman–Crippen LogP) is 3.32. The van der Waals surface area contributed by atoms with E-state index in [4.69, 9.17) is 0 Å². The van der Waals surface area contributed by atoms with E-state index in [9.17, 15) is 4.79 Å². The summed E-state index contributed by atoms with van der Waals surface area (Å²) in [6.45, 7) is 4.38. The lowest BCUT2D eigenvalue weighted by atomic mass is 9.99. The van der Waals surface area contributed by atoms with E-state index < -0.39 is 0 Å². The van der Waals surface area contributed by atoms with Crippen molar-refractivity contribution in [3.05, 3.63) is 47.2 Å². The summed E-state index contributed by atoms with van der Waals surface area (Å²) in [6.07, 6.45) is 1.86. The average Bonchev–Trinajstić information content (AvgIpc) is 2.72. The van der Waals surface area contributed by atoms with Gasteiger partial charge in [0.15, 0.2) is 0 Å². The van der Waals surface area contributed by atoms with E-state index in [1.165, 1.54) is 11.1 Å². The van der Waals surface area contributed by atoms with Crippen LogP contribution < -0.4 is 5.32 Å². The molecule has 0 spiro atoms. The molecule has 0 bridgehead atoms. The molecule has 1 aliphatic heterocycles. The number of hydrogen-bond acceptors (Lipinski definition) is 3. The van der Waals surface area contributed by atoms with Crippen molar-refractivity contribution < 1.29 is 4.79 Å². The third-order valence-corrected chi connectivity index (χ3v) is 5.08. The first-order valence-electron chi connectivity index (χ1n) is 7.09. The largest absolute Gasteiger partial charge is 0.310 e. The van der Waals surface area contributed by atoms with Gasteiger partial charge in [0.1, 0.15) is 5.82 Å². The van der Waals surface area contributed by atoms with Gasteiger partial charge in [-0.1, -0.05) is 38.1 Å². The Hall–Kier alpha value is -1.75. The smallest absolute Gasteiger partial charge is 0.235 e. The van der Waals surface area contributed by atoms with Gasteiger partial charge in [-0.3, -0.25) is 9.48 Å². The molecule has 1 aliphatic rings. The number of aromatic nitrogens is 2. The van der Waals surface area contributed by atoms with Crippen molar-refractivity contribution in [2.24, 2.45) is 7.05 Å². The number of carbonyl (C=O) groups is 1. The minimum Gasteiger partial charge on any atom is -0.310 e. The molecule has 0 saturated heterocycles. The molecule has 1 aromatic heterocycles. The zero-order valence-electron chi connectivity index (χ0n) is 12.5. The van der Waals surface area contributed by atoms with Crippen molar-refractivity contribution in [3.8, 4) is 0 Å². The lowest BCUT2D eigenvalue weighted by Crippen LogP contribution is -2.15. The number of anilines is 1. The van der Waals surface area contributed by atoms with Crippen LogP contribution in [0.25, 0.3) is 0 Å². The maximum absolute atomic E-state index is 11.8. The Bertz CT molecular complexity index is 661. The van der Waals surface area contributed by atoms with Gasteiger partial charge >= 0.3 is 0 Å². The standard InChI is InChI=1S/C16H19N3OS/c1-10(2)11-4-6-12(7-5-11)15-13-8-17-19(3)16(13)18-14(20)9-21-15/h4-8,10,15H,9H2,1-3H3,(H,18,20)/t15-/m1/s1. The fourth-order valence-electron chi connectivity index (χ4n) is 2.55. The zero-order chi connectivity index (χ0) is 15.0. The first kappa shape index (κ1) is 14.2. The lowest BCUT2D eigenvalue weighted by molar-refractivity contribution is -0.113. The number of hydrogen-bond donors (Lipinski definition) is 1. The Morgan fingerprint density at radius 3 is 2.71 bits per heavy atom. The van der Waals surface area contributed by atoms with Crippen molar-refractivity contribution >= 4 is 23.5 Å². The van der Waals surface area contributed by atoms with E-state index in [1.807, 2.05) is 13.2 Å². The molecule has 2 aromatic rings. The number of amides is 1. The zero-order valence-corrected chi connectivity index (χ0v) is 13.3. The van der Waals surface area contributed by atoms with Crippen LogP contribution in [0.1, 0.15) is 41.7 Å². The molecule has 1 aromatic carbocycles. The number of fused-ring (bicyclic) bond motifs is 1. The molecule has 1 atom stereocenters. The van der Waals surface area contributed by atoms with Gasteiger partial charge in [-0.25, -0.2) is 0 Å². The van der Waals surface area contributed by atoms with Crippen LogP contribution in [0.5, 0.6) is 0 Å². The normalized spacial score (nSPS) is 18.3. The fourth-order valence-corrected chi connectivity index (χ4v) is 3.64. The van der Waals surface area contributed by atoms with Crippen LogP contribution in [0.2, 0.25) is 0 Å². The number of aryl methyl sites for hydroxylation is 1. The Balaban J connectivity index is 1.99. The van der Waals surface area contributed by atoms with Crippen LogP contribution in [0.4, 0.5) is 5.82 Å². The summed E-state index contributed by atoms with van der Waals surface area (Å²) < 4.78 is 1.73. The third kappa shape index (κ3) is 2.70. The second kappa shape index (κ2) is 5.56. The monoisotopic (exact) mass is 301 g/mol. The van der Waals surface area contributed by atoms with Gasteiger partial charge in [-0.2, -0.15) is 5.10 Å². The van der Waals surface area contributed by atoms with Crippen LogP contribution >= 0.6 is 11.8 Å². The fraction of sp³-hybridized carbons (Fsp3) is 0.375. The van der Waals surface area contributed by atoms with Crippen LogP contribution in [0.15, 0.2) is 30.5 Å². The van der Waals surface area contributed by atoms with Crippen molar-refractivity contribution in [2.75, 3.05) is 11.1 Å². The quantitative estimate of drug-likeness (QED) is 0.925. The summed E-state index contributed by atoms with van der Waals surface area (Å²) in [5.41, 5.74) is 3.62. The Labute approximate surface area is 128 Å². The minimum atomic E-state index is 0.0335. The van der Waals surface area contributed by atoms with Crippen LogP contribution in [0, 0.1) is 0 Å². The van der Waals surface area contributed by atoms with E-state index >= 15 is 0 Å². The summed E-state index contributed by atoms with van der Waals surface area (Å²) >= 11 is 1.65. The van der Waals surface area contributed by atoms with Gasteiger partial charge in [0.25, 0.3) is 0 Å². The summed E-state index contributed by atoms with van der Waals surface area (Å²) in [5, 5.41) is 7.37. The van der Waals surface area contributed by atoms with Gasteiger partial charge in [-0.15, -0.1) is 11.8 Å². The van der Waals surface area contributed by atoms with Gasteiger partial charge in [0.2, 0.25) is 5.91 Å². The first-order valence-corrected chi connectivity index (χ1v) is 8.14. The molecule has 3 rings (SSSR count). The summed E-state index contributed by atoms with van der Waals surface area (Å²) in [4.78, 5) is 11.8. The second-order valence-corrected chi connectivity index (χ2v) is 6.73. The van der Waals surface area contributed by atoms with E-state index in [2.05, 4.69) is 48.5 Å². The highest BCUT2D eigenvalue weighted by Crippen LogP contribution is 2.41. The number of carbonyl (C=O) groups excluding carboxylic acids is 1. The SMILES string of the molecule is CC(C)c1ccc([C@H]2SCC(=O)Nc3c2cnn3C)cc1. The van der Waals surface area contributed by atoms with Gasteiger partial charge in [0, 0.05) is 12.6 Å². The number of nitrogens with zero attached hydrogens (tertiary/aromatic N) is 2. The molecule has 2 heterocycles. The molecular weight excluding hydrogens is 282 g/mol. The van der Waals surface area contributed by atoms with Crippen molar-refractivity contribution in [2.45, 2.75) is 25.0 Å². The highest BCUT2D eigenvalue weighted by atomic mass is 32.2. The summed E-state index contributed by atoms with van der Waals surface area (Å²) in [5.74, 6) is 1.83. The molecule has 1 N–H and O–H groups in total. The van der Waals surface area contributed by atoms with Gasteiger partial charge < -0.3 is 5.32 Å². The molecule has 0 saturated carbocycles. The lowest BCUT2D eigenvalue weighted by Gasteiger charge is -2.15. The maximum Gasteiger partial charge on any atom is 0.235 e. The average molecular weight is 301 g/mol. The van der Waals surface area contributed by atoms with E-state index in [-0.39, 0.29) is 11.2 Å². The first-order chi connectivity index (χ1) is 10.1. The van der Waals surface area contributed by atoms with E-state index in [0.29, 0.717) is 11.7 Å². The molecule has 0 unspecified atom stereocenters. The Morgan fingerprint density at radius 1 is 1.33 bits per heavy atom. The topological polar surface area (TPSA) is 46.9 Å². The highest BCUT2D eigenvalue weighted by Gasteiger charge is 2.26. The molecule has 0 radical (unpaired) electrons. The molecular formula is C16H19N3OS. The van der Waals surface area contributed by atoms with Crippen LogP contribution in [-0.2, 0) is 11.8 Å². The minimum absolute atomic E-state index is 0.0335. The van der Waals surface area contributed by atoms with Crippen molar-refractivity contribution in [1.29, 1.82) is 0 Å². The highest BCUT2D eigenvalue weighted by molar-refractivity contribution is 8.00. The number of rotatable bonds is 2. The number of nitrogens with one attached hydrogen (secondary N) is 1. The second-order valence-electron chi connectivity index (χ2n) is 5.63. The molecule has 21 heavy (non-hydrogen) atoms. The Kier molecular flexibility index (Phi) is 3.76. The number of thioether (sulfide) groups is 1. The van der Waals surface area contributed by atoms with E-state index in [0.717, 1.165) is 11.4 Å². The van der Waals surface area contributed by atoms with Gasteiger partial charge in [-0.05, 0) is 17.0 Å². The maximum atomic E-state index is 11.8. The molecule has 110 valence electrons.